The number of hydrogen-bond acceptors (Lipinski definition) is 4. The molecule has 3 nitrogen and oxygen atoms in total. The molecule has 0 saturated heterocycles. The molecule has 0 aromatic carbocycles. The first-order valence-electron chi connectivity index (χ1n) is 4.51. The van der Waals surface area contributed by atoms with Gasteiger partial charge in [0.05, 0.1) is 23.6 Å². The Morgan fingerprint density at radius 1 is 1.80 bits per heavy atom. The van der Waals surface area contributed by atoms with E-state index in [1.807, 2.05) is 30.5 Å². The van der Waals surface area contributed by atoms with Crippen molar-refractivity contribution in [1.82, 2.24) is 5.32 Å². The quantitative estimate of drug-likeness (QED) is 0.803. The standard InChI is InChI=1S/C10H12N2OS2/c1-8(9-3-2-5-15-9)12-10(13)7-14-6-4-11/h2-3,5,8H,6-7H2,1H3,(H,12,13)/t8-/m0/s1. The highest BCUT2D eigenvalue weighted by molar-refractivity contribution is 8.00. The zero-order valence-corrected chi connectivity index (χ0v) is 10.0. The Balaban J connectivity index is 2.29. The molecule has 1 heterocycles. The second-order valence-electron chi connectivity index (χ2n) is 2.96. The third-order valence-corrected chi connectivity index (χ3v) is 3.60. The predicted octanol–water partition coefficient (Wildman–Crippen LogP) is 2.18. The first-order valence-corrected chi connectivity index (χ1v) is 6.55. The summed E-state index contributed by atoms with van der Waals surface area (Å²) in [5.41, 5.74) is 0. The van der Waals surface area contributed by atoms with E-state index in [4.69, 9.17) is 5.26 Å². The first kappa shape index (κ1) is 12.1. The molecule has 0 aliphatic carbocycles. The van der Waals surface area contributed by atoms with Gasteiger partial charge in [-0.15, -0.1) is 23.1 Å². The molecule has 0 unspecified atom stereocenters. The van der Waals surface area contributed by atoms with Crippen molar-refractivity contribution in [3.8, 4) is 6.07 Å². The number of hydrogen-bond donors (Lipinski definition) is 1. The van der Waals surface area contributed by atoms with Crippen LogP contribution < -0.4 is 5.32 Å². The fourth-order valence-electron chi connectivity index (χ4n) is 1.08. The Kier molecular flexibility index (Phi) is 5.22. The molecule has 0 aliphatic heterocycles. The number of rotatable bonds is 5. The van der Waals surface area contributed by atoms with Crippen LogP contribution >= 0.6 is 23.1 Å². The molecule has 0 radical (unpaired) electrons. The van der Waals surface area contributed by atoms with E-state index >= 15 is 0 Å². The normalized spacial score (nSPS) is 11.7. The van der Waals surface area contributed by atoms with Crippen LogP contribution in [0.15, 0.2) is 17.5 Å². The van der Waals surface area contributed by atoms with E-state index in [-0.39, 0.29) is 11.9 Å². The summed E-state index contributed by atoms with van der Waals surface area (Å²) < 4.78 is 0. The number of nitrogens with one attached hydrogen (secondary N) is 1. The molecule has 0 fully saturated rings. The number of nitrogens with zero attached hydrogens (tertiary/aromatic N) is 1. The fourth-order valence-corrected chi connectivity index (χ4v) is 2.28. The van der Waals surface area contributed by atoms with Crippen LogP contribution in [0.2, 0.25) is 0 Å². The summed E-state index contributed by atoms with van der Waals surface area (Å²) >= 11 is 2.96. The van der Waals surface area contributed by atoms with Crippen molar-refractivity contribution in [2.75, 3.05) is 11.5 Å². The van der Waals surface area contributed by atoms with E-state index in [2.05, 4.69) is 5.32 Å². The van der Waals surface area contributed by atoms with Crippen LogP contribution in [-0.4, -0.2) is 17.4 Å². The molecular formula is C10H12N2OS2. The van der Waals surface area contributed by atoms with E-state index < -0.39 is 0 Å². The Hall–Kier alpha value is -0.990. The van der Waals surface area contributed by atoms with Crippen LogP contribution in [0.25, 0.3) is 0 Å². The van der Waals surface area contributed by atoms with Gasteiger partial charge in [-0.05, 0) is 18.4 Å². The van der Waals surface area contributed by atoms with Crippen molar-refractivity contribution in [3.63, 3.8) is 0 Å². The van der Waals surface area contributed by atoms with E-state index in [1.54, 1.807) is 11.3 Å². The van der Waals surface area contributed by atoms with Crippen LogP contribution in [0.1, 0.15) is 17.8 Å². The first-order chi connectivity index (χ1) is 7.24. The number of carbonyl (C=O) groups is 1. The summed E-state index contributed by atoms with van der Waals surface area (Å²) in [5, 5.41) is 13.2. The van der Waals surface area contributed by atoms with Crippen molar-refractivity contribution < 1.29 is 4.79 Å². The lowest BCUT2D eigenvalue weighted by Crippen LogP contribution is -2.27. The molecule has 0 aliphatic rings. The van der Waals surface area contributed by atoms with E-state index in [9.17, 15) is 4.79 Å². The molecule has 1 amide bonds. The minimum Gasteiger partial charge on any atom is -0.348 e. The van der Waals surface area contributed by atoms with Gasteiger partial charge in [-0.2, -0.15) is 5.26 Å². The lowest BCUT2D eigenvalue weighted by molar-refractivity contribution is -0.119. The summed E-state index contributed by atoms with van der Waals surface area (Å²) in [4.78, 5) is 12.5. The Labute approximate surface area is 97.5 Å². The molecule has 15 heavy (non-hydrogen) atoms. The summed E-state index contributed by atoms with van der Waals surface area (Å²) in [6.07, 6.45) is 0. The number of thioether (sulfide) groups is 1. The number of amides is 1. The molecule has 5 heteroatoms. The second kappa shape index (κ2) is 6.49. The maximum absolute atomic E-state index is 11.4. The van der Waals surface area contributed by atoms with Crippen molar-refractivity contribution in [2.24, 2.45) is 0 Å². The molecule has 1 aromatic rings. The van der Waals surface area contributed by atoms with Crippen LogP contribution in [0.3, 0.4) is 0 Å². The van der Waals surface area contributed by atoms with Crippen LogP contribution in [0.4, 0.5) is 0 Å². The molecular weight excluding hydrogens is 228 g/mol. The van der Waals surface area contributed by atoms with Crippen LogP contribution in [0, 0.1) is 11.3 Å². The number of carbonyl (C=O) groups excluding carboxylic acids is 1. The van der Waals surface area contributed by atoms with Gasteiger partial charge in [-0.1, -0.05) is 6.07 Å². The van der Waals surface area contributed by atoms with Gasteiger partial charge in [0, 0.05) is 4.88 Å². The predicted molar refractivity (Wildman–Crippen MR) is 63.8 cm³/mol. The lowest BCUT2D eigenvalue weighted by Gasteiger charge is -2.11. The summed E-state index contributed by atoms with van der Waals surface area (Å²) in [5.74, 6) is 0.695. The van der Waals surface area contributed by atoms with Crippen molar-refractivity contribution in [3.05, 3.63) is 22.4 Å². The van der Waals surface area contributed by atoms with Gasteiger partial charge >= 0.3 is 0 Å². The average molecular weight is 240 g/mol. The molecule has 1 atom stereocenters. The summed E-state index contributed by atoms with van der Waals surface area (Å²) in [6, 6.07) is 6.01. The molecule has 0 bridgehead atoms. The molecule has 1 aromatic heterocycles. The Morgan fingerprint density at radius 3 is 3.20 bits per heavy atom. The molecule has 1 rings (SSSR count). The van der Waals surface area contributed by atoms with E-state index in [0.717, 1.165) is 4.88 Å². The average Bonchev–Trinajstić information content (AvgIpc) is 2.70. The molecule has 0 spiro atoms. The smallest absolute Gasteiger partial charge is 0.230 e. The number of thiophene rings is 1. The third-order valence-electron chi connectivity index (χ3n) is 1.75. The van der Waals surface area contributed by atoms with Crippen LogP contribution in [0.5, 0.6) is 0 Å². The maximum Gasteiger partial charge on any atom is 0.230 e. The highest BCUT2D eigenvalue weighted by Gasteiger charge is 2.09. The minimum absolute atomic E-state index is 0.0175. The van der Waals surface area contributed by atoms with E-state index in [1.165, 1.54) is 11.8 Å². The van der Waals surface area contributed by atoms with E-state index in [0.29, 0.717) is 11.5 Å². The molecule has 1 N–H and O–H groups in total. The van der Waals surface area contributed by atoms with Gasteiger partial charge < -0.3 is 5.32 Å². The van der Waals surface area contributed by atoms with Gasteiger partial charge in [0.25, 0.3) is 0 Å². The van der Waals surface area contributed by atoms with Gasteiger partial charge in [0.15, 0.2) is 0 Å². The Morgan fingerprint density at radius 2 is 2.60 bits per heavy atom. The fraction of sp³-hybridized carbons (Fsp3) is 0.400. The largest absolute Gasteiger partial charge is 0.348 e. The summed E-state index contributed by atoms with van der Waals surface area (Å²) in [7, 11) is 0. The van der Waals surface area contributed by atoms with Gasteiger partial charge in [0.1, 0.15) is 0 Å². The van der Waals surface area contributed by atoms with Crippen LogP contribution in [-0.2, 0) is 4.79 Å². The van der Waals surface area contributed by atoms with Crippen molar-refractivity contribution in [2.45, 2.75) is 13.0 Å². The Bertz CT molecular complexity index is 343. The van der Waals surface area contributed by atoms with Gasteiger partial charge in [0.2, 0.25) is 5.91 Å². The zero-order valence-electron chi connectivity index (χ0n) is 8.40. The molecule has 0 saturated carbocycles. The highest BCUT2D eigenvalue weighted by atomic mass is 32.2. The minimum atomic E-state index is -0.0175. The SMILES string of the molecule is C[C@H](NC(=O)CSCC#N)c1cccs1. The summed E-state index contributed by atoms with van der Waals surface area (Å²) in [6.45, 7) is 1.96. The number of nitriles is 1. The maximum atomic E-state index is 11.4. The molecule has 80 valence electrons. The highest BCUT2D eigenvalue weighted by Crippen LogP contribution is 2.18. The lowest BCUT2D eigenvalue weighted by atomic mass is 10.3. The van der Waals surface area contributed by atoms with Crippen molar-refractivity contribution >= 4 is 29.0 Å². The third kappa shape index (κ3) is 4.36. The van der Waals surface area contributed by atoms with Gasteiger partial charge in [-0.3, -0.25) is 4.79 Å². The van der Waals surface area contributed by atoms with Gasteiger partial charge in [-0.25, -0.2) is 0 Å². The topological polar surface area (TPSA) is 52.9 Å². The van der Waals surface area contributed by atoms with Crippen molar-refractivity contribution in [1.29, 1.82) is 5.26 Å². The second-order valence-corrected chi connectivity index (χ2v) is 4.92. The zero-order chi connectivity index (χ0) is 11.1. The monoisotopic (exact) mass is 240 g/mol.